The highest BCUT2D eigenvalue weighted by Gasteiger charge is 2.05. The molecule has 1 aromatic rings. The number of hydrogen-bond donors (Lipinski definition) is 1. The molecule has 1 aromatic heterocycles. The summed E-state index contributed by atoms with van der Waals surface area (Å²) in [6, 6.07) is 4.04. The second-order valence-electron chi connectivity index (χ2n) is 2.81. The Balaban J connectivity index is 2.93. The van der Waals surface area contributed by atoms with E-state index >= 15 is 0 Å². The van der Waals surface area contributed by atoms with Crippen molar-refractivity contribution in [3.63, 3.8) is 0 Å². The summed E-state index contributed by atoms with van der Waals surface area (Å²) in [5, 5.41) is 0. The standard InChI is InChI=1S/C9H14N2/c1-7(6-10)9-4-3-5-11-8(9)2/h3-5,7H,6,10H2,1-2H3. The van der Waals surface area contributed by atoms with Crippen LogP contribution in [0.15, 0.2) is 18.3 Å². The summed E-state index contributed by atoms with van der Waals surface area (Å²) in [4.78, 5) is 4.19. The van der Waals surface area contributed by atoms with Crippen molar-refractivity contribution in [2.45, 2.75) is 19.8 Å². The van der Waals surface area contributed by atoms with Gasteiger partial charge < -0.3 is 5.73 Å². The van der Waals surface area contributed by atoms with E-state index in [2.05, 4.69) is 18.0 Å². The fraction of sp³-hybridized carbons (Fsp3) is 0.444. The molecule has 0 saturated heterocycles. The molecule has 60 valence electrons. The summed E-state index contributed by atoms with van der Waals surface area (Å²) in [6.45, 7) is 4.82. The van der Waals surface area contributed by atoms with Gasteiger partial charge in [0, 0.05) is 11.9 Å². The van der Waals surface area contributed by atoms with Crippen LogP contribution < -0.4 is 5.73 Å². The number of aryl methyl sites for hydroxylation is 1. The molecule has 0 spiro atoms. The number of pyridine rings is 1. The van der Waals surface area contributed by atoms with Crippen molar-refractivity contribution in [1.82, 2.24) is 4.98 Å². The fourth-order valence-corrected chi connectivity index (χ4v) is 1.14. The van der Waals surface area contributed by atoms with E-state index in [-0.39, 0.29) is 0 Å². The summed E-state index contributed by atoms with van der Waals surface area (Å²) in [5.74, 6) is 0.420. The van der Waals surface area contributed by atoms with E-state index in [0.717, 1.165) is 5.69 Å². The predicted octanol–water partition coefficient (Wildman–Crippen LogP) is 1.45. The molecule has 11 heavy (non-hydrogen) atoms. The maximum Gasteiger partial charge on any atom is 0.0407 e. The molecule has 1 atom stereocenters. The zero-order chi connectivity index (χ0) is 8.27. The van der Waals surface area contributed by atoms with Gasteiger partial charge in [0.1, 0.15) is 0 Å². The molecular formula is C9H14N2. The molecule has 0 saturated carbocycles. The van der Waals surface area contributed by atoms with Crippen LogP contribution in [-0.2, 0) is 0 Å². The minimum Gasteiger partial charge on any atom is -0.330 e. The fourth-order valence-electron chi connectivity index (χ4n) is 1.14. The lowest BCUT2D eigenvalue weighted by Gasteiger charge is -2.10. The van der Waals surface area contributed by atoms with Crippen molar-refractivity contribution in [3.8, 4) is 0 Å². The average Bonchev–Trinajstić information content (AvgIpc) is 2.04. The van der Waals surface area contributed by atoms with E-state index in [1.54, 1.807) is 0 Å². The first-order valence-electron chi connectivity index (χ1n) is 3.87. The van der Waals surface area contributed by atoms with Gasteiger partial charge in [0.2, 0.25) is 0 Å². The number of aromatic nitrogens is 1. The zero-order valence-corrected chi connectivity index (χ0v) is 7.04. The van der Waals surface area contributed by atoms with Crippen LogP contribution in [0.3, 0.4) is 0 Å². The Labute approximate surface area is 67.5 Å². The van der Waals surface area contributed by atoms with Gasteiger partial charge in [-0.1, -0.05) is 13.0 Å². The number of hydrogen-bond acceptors (Lipinski definition) is 2. The minimum atomic E-state index is 0.420. The topological polar surface area (TPSA) is 38.9 Å². The molecule has 0 fully saturated rings. The smallest absolute Gasteiger partial charge is 0.0407 e. The Morgan fingerprint density at radius 3 is 2.91 bits per heavy atom. The van der Waals surface area contributed by atoms with Gasteiger partial charge in [-0.05, 0) is 31.0 Å². The molecule has 2 N–H and O–H groups in total. The van der Waals surface area contributed by atoms with Crippen molar-refractivity contribution in [3.05, 3.63) is 29.6 Å². The highest BCUT2D eigenvalue weighted by atomic mass is 14.7. The Hall–Kier alpha value is -0.890. The van der Waals surface area contributed by atoms with Crippen LogP contribution >= 0.6 is 0 Å². The Morgan fingerprint density at radius 1 is 1.64 bits per heavy atom. The molecule has 0 aliphatic heterocycles. The Kier molecular flexibility index (Phi) is 2.60. The summed E-state index contributed by atoms with van der Waals surface area (Å²) >= 11 is 0. The van der Waals surface area contributed by atoms with Crippen LogP contribution in [0.4, 0.5) is 0 Å². The van der Waals surface area contributed by atoms with Gasteiger partial charge in [-0.3, -0.25) is 4.98 Å². The summed E-state index contributed by atoms with van der Waals surface area (Å²) in [5.41, 5.74) is 7.89. The van der Waals surface area contributed by atoms with Crippen molar-refractivity contribution >= 4 is 0 Å². The van der Waals surface area contributed by atoms with Crippen molar-refractivity contribution in [1.29, 1.82) is 0 Å². The monoisotopic (exact) mass is 150 g/mol. The van der Waals surface area contributed by atoms with E-state index in [1.165, 1.54) is 5.56 Å². The van der Waals surface area contributed by atoms with Crippen molar-refractivity contribution in [2.24, 2.45) is 5.73 Å². The largest absolute Gasteiger partial charge is 0.330 e. The van der Waals surface area contributed by atoms with Gasteiger partial charge in [-0.15, -0.1) is 0 Å². The van der Waals surface area contributed by atoms with Crippen LogP contribution in [0, 0.1) is 6.92 Å². The second kappa shape index (κ2) is 3.49. The van der Waals surface area contributed by atoms with Gasteiger partial charge in [0.25, 0.3) is 0 Å². The maximum absolute atomic E-state index is 5.55. The molecule has 0 aliphatic carbocycles. The lowest BCUT2D eigenvalue weighted by molar-refractivity contribution is 0.760. The van der Waals surface area contributed by atoms with E-state index in [4.69, 9.17) is 5.73 Å². The summed E-state index contributed by atoms with van der Waals surface area (Å²) < 4.78 is 0. The van der Waals surface area contributed by atoms with Crippen LogP contribution in [0.5, 0.6) is 0 Å². The Morgan fingerprint density at radius 2 is 2.36 bits per heavy atom. The first-order chi connectivity index (χ1) is 5.25. The van der Waals surface area contributed by atoms with Gasteiger partial charge in [-0.25, -0.2) is 0 Å². The van der Waals surface area contributed by atoms with E-state index < -0.39 is 0 Å². The molecule has 0 aromatic carbocycles. The number of nitrogens with two attached hydrogens (primary N) is 1. The van der Waals surface area contributed by atoms with Crippen molar-refractivity contribution in [2.75, 3.05) is 6.54 Å². The molecule has 0 aliphatic rings. The first kappa shape index (κ1) is 8.21. The van der Waals surface area contributed by atoms with Gasteiger partial charge in [0.05, 0.1) is 0 Å². The molecule has 1 rings (SSSR count). The summed E-state index contributed by atoms with van der Waals surface area (Å²) in [6.07, 6.45) is 1.81. The molecule has 1 unspecified atom stereocenters. The molecule has 0 bridgehead atoms. The van der Waals surface area contributed by atoms with Crippen LogP contribution in [0.2, 0.25) is 0 Å². The third-order valence-electron chi connectivity index (χ3n) is 1.93. The second-order valence-corrected chi connectivity index (χ2v) is 2.81. The molecule has 2 nitrogen and oxygen atoms in total. The van der Waals surface area contributed by atoms with Gasteiger partial charge in [-0.2, -0.15) is 0 Å². The lowest BCUT2D eigenvalue weighted by Crippen LogP contribution is -2.10. The first-order valence-corrected chi connectivity index (χ1v) is 3.87. The molecule has 0 amide bonds. The number of rotatable bonds is 2. The minimum absolute atomic E-state index is 0.420. The van der Waals surface area contributed by atoms with Crippen LogP contribution in [-0.4, -0.2) is 11.5 Å². The van der Waals surface area contributed by atoms with Gasteiger partial charge in [0.15, 0.2) is 0 Å². The molecule has 1 heterocycles. The average molecular weight is 150 g/mol. The van der Waals surface area contributed by atoms with Crippen molar-refractivity contribution < 1.29 is 0 Å². The SMILES string of the molecule is Cc1ncccc1C(C)CN. The predicted molar refractivity (Wildman–Crippen MR) is 46.4 cm³/mol. The normalized spacial score (nSPS) is 13.0. The highest BCUT2D eigenvalue weighted by Crippen LogP contribution is 2.15. The third-order valence-corrected chi connectivity index (χ3v) is 1.93. The van der Waals surface area contributed by atoms with E-state index in [0.29, 0.717) is 12.5 Å². The number of nitrogens with zero attached hydrogens (tertiary/aromatic N) is 1. The molecule has 0 radical (unpaired) electrons. The maximum atomic E-state index is 5.55. The van der Waals surface area contributed by atoms with E-state index in [9.17, 15) is 0 Å². The zero-order valence-electron chi connectivity index (χ0n) is 7.04. The molecular weight excluding hydrogens is 136 g/mol. The van der Waals surface area contributed by atoms with E-state index in [1.807, 2.05) is 19.2 Å². The van der Waals surface area contributed by atoms with Gasteiger partial charge >= 0.3 is 0 Å². The van der Waals surface area contributed by atoms with Crippen LogP contribution in [0.25, 0.3) is 0 Å². The van der Waals surface area contributed by atoms with Crippen LogP contribution in [0.1, 0.15) is 24.1 Å². The lowest BCUT2D eigenvalue weighted by atomic mass is 10.0. The molecule has 2 heteroatoms. The third kappa shape index (κ3) is 1.77. The quantitative estimate of drug-likeness (QED) is 0.693. The Bertz CT molecular complexity index is 233. The highest BCUT2D eigenvalue weighted by molar-refractivity contribution is 5.22. The summed E-state index contributed by atoms with van der Waals surface area (Å²) in [7, 11) is 0.